The molecule has 158 valence electrons. The summed E-state index contributed by atoms with van der Waals surface area (Å²) < 4.78 is 0. The Kier molecular flexibility index (Phi) is 3.60. The summed E-state index contributed by atoms with van der Waals surface area (Å²) in [5, 5.41) is 3.17. The van der Waals surface area contributed by atoms with E-state index < -0.39 is 0 Å². The van der Waals surface area contributed by atoms with Gasteiger partial charge in [-0.1, -0.05) is 63.1 Å². The third kappa shape index (κ3) is 2.17. The van der Waals surface area contributed by atoms with Crippen molar-refractivity contribution >= 4 is 16.3 Å². The molecule has 2 aromatic rings. The van der Waals surface area contributed by atoms with Crippen molar-refractivity contribution < 1.29 is 0 Å². The van der Waals surface area contributed by atoms with Gasteiger partial charge in [0.1, 0.15) is 0 Å². The highest BCUT2D eigenvalue weighted by Crippen LogP contribution is 2.65. The van der Waals surface area contributed by atoms with E-state index in [1.165, 1.54) is 43.1 Å². The van der Waals surface area contributed by atoms with Crippen molar-refractivity contribution in [3.05, 3.63) is 74.4 Å². The third-order valence-electron chi connectivity index (χ3n) is 9.43. The first kappa shape index (κ1) is 18.5. The molecule has 1 saturated carbocycles. The molecule has 0 aliphatic heterocycles. The maximum Gasteiger partial charge on any atom is 0.0176 e. The number of hydrogen-bond donors (Lipinski definition) is 0. The maximum absolute atomic E-state index is 2.69. The SMILES string of the molecule is CCC1=C2C3=C(C=C4CC(C)CC5Cc6c(C(C)C)cc7c(C)ccc2c7c6C3C45)C1. The Labute approximate surface area is 187 Å². The van der Waals surface area contributed by atoms with Gasteiger partial charge >= 0.3 is 0 Å². The first-order chi connectivity index (χ1) is 15.0. The van der Waals surface area contributed by atoms with Crippen LogP contribution < -0.4 is 0 Å². The van der Waals surface area contributed by atoms with Crippen molar-refractivity contribution in [3.8, 4) is 0 Å². The quantitative estimate of drug-likeness (QED) is 0.470. The number of aryl methyl sites for hydroxylation is 1. The van der Waals surface area contributed by atoms with Crippen molar-refractivity contribution in [2.24, 2.45) is 17.8 Å². The fourth-order valence-corrected chi connectivity index (χ4v) is 8.36. The molecule has 4 atom stereocenters. The smallest absolute Gasteiger partial charge is 0.0176 e. The van der Waals surface area contributed by atoms with Gasteiger partial charge in [0.15, 0.2) is 0 Å². The molecule has 0 amide bonds. The van der Waals surface area contributed by atoms with E-state index in [4.69, 9.17) is 0 Å². The molecule has 0 aromatic heterocycles. The summed E-state index contributed by atoms with van der Waals surface area (Å²) in [5.41, 5.74) is 16.7. The highest BCUT2D eigenvalue weighted by molar-refractivity contribution is 6.08. The average molecular weight is 407 g/mol. The van der Waals surface area contributed by atoms with Crippen LogP contribution in [0.2, 0.25) is 0 Å². The monoisotopic (exact) mass is 406 g/mol. The summed E-state index contributed by atoms with van der Waals surface area (Å²) in [6, 6.07) is 7.46. The predicted octanol–water partition coefficient (Wildman–Crippen LogP) is 8.39. The van der Waals surface area contributed by atoms with Gasteiger partial charge in [-0.05, 0) is 118 Å². The van der Waals surface area contributed by atoms with Gasteiger partial charge in [-0.3, -0.25) is 0 Å². The largest absolute Gasteiger partial charge is 0.0653 e. The molecule has 4 unspecified atom stereocenters. The summed E-state index contributed by atoms with van der Waals surface area (Å²) in [6.45, 7) is 12.0. The lowest BCUT2D eigenvalue weighted by molar-refractivity contribution is 0.215. The topological polar surface area (TPSA) is 0 Å². The zero-order valence-corrected chi connectivity index (χ0v) is 19.7. The molecule has 1 fully saturated rings. The van der Waals surface area contributed by atoms with Crippen LogP contribution in [0.4, 0.5) is 0 Å². The van der Waals surface area contributed by atoms with Crippen LogP contribution in [0.5, 0.6) is 0 Å². The Morgan fingerprint density at radius 1 is 1.13 bits per heavy atom. The lowest BCUT2D eigenvalue weighted by atomic mass is 9.52. The minimum absolute atomic E-state index is 0.593. The molecule has 2 aromatic carbocycles. The number of rotatable bonds is 2. The molecule has 0 nitrogen and oxygen atoms in total. The Bertz CT molecular complexity index is 1280. The Morgan fingerprint density at radius 3 is 2.74 bits per heavy atom. The molecule has 0 heteroatoms. The Hall–Kier alpha value is -2.08. The first-order valence-electron chi connectivity index (χ1n) is 12.7. The van der Waals surface area contributed by atoms with Crippen LogP contribution in [0.25, 0.3) is 16.3 Å². The van der Waals surface area contributed by atoms with Gasteiger partial charge in [0.2, 0.25) is 0 Å². The molecular weight excluding hydrogens is 372 g/mol. The fraction of sp³-hybridized carbons (Fsp3) is 0.484. The molecule has 0 radical (unpaired) electrons. The van der Waals surface area contributed by atoms with Crippen LogP contribution in [-0.2, 0) is 6.42 Å². The van der Waals surface area contributed by atoms with Crippen LogP contribution >= 0.6 is 0 Å². The highest BCUT2D eigenvalue weighted by atomic mass is 14.5. The normalized spacial score (nSPS) is 29.9. The van der Waals surface area contributed by atoms with Crippen LogP contribution in [-0.4, -0.2) is 0 Å². The van der Waals surface area contributed by atoms with Crippen LogP contribution in [0.3, 0.4) is 0 Å². The van der Waals surface area contributed by atoms with Gasteiger partial charge in [0, 0.05) is 5.92 Å². The molecule has 7 rings (SSSR count). The second kappa shape index (κ2) is 6.03. The second-order valence-corrected chi connectivity index (χ2v) is 11.5. The second-order valence-electron chi connectivity index (χ2n) is 11.5. The minimum Gasteiger partial charge on any atom is -0.0653 e. The summed E-state index contributed by atoms with van der Waals surface area (Å²) in [5.74, 6) is 3.64. The van der Waals surface area contributed by atoms with Crippen LogP contribution in [0.15, 0.2) is 46.6 Å². The Balaban J connectivity index is 1.67. The summed E-state index contributed by atoms with van der Waals surface area (Å²) in [7, 11) is 0. The van der Waals surface area contributed by atoms with E-state index in [1.807, 2.05) is 0 Å². The number of hydrogen-bond acceptors (Lipinski definition) is 0. The van der Waals surface area contributed by atoms with Gasteiger partial charge < -0.3 is 0 Å². The number of allylic oxidation sites excluding steroid dienone is 6. The number of benzene rings is 2. The van der Waals surface area contributed by atoms with Gasteiger partial charge in [-0.25, -0.2) is 0 Å². The zero-order chi connectivity index (χ0) is 21.2. The van der Waals surface area contributed by atoms with Gasteiger partial charge in [0.05, 0.1) is 0 Å². The standard InChI is InChI=1S/C31H34/c1-6-18-11-21-12-19-9-16(4)10-20-13-25-23(15(2)3)14-24-17(5)7-8-22-27(18)28(21)31(26(19)20)30(25)29(22)24/h7-8,12,14-16,20,26,31H,6,9-11,13H2,1-5H3. The summed E-state index contributed by atoms with van der Waals surface area (Å²) in [4.78, 5) is 0. The van der Waals surface area contributed by atoms with E-state index in [2.05, 4.69) is 58.9 Å². The van der Waals surface area contributed by atoms with Crippen molar-refractivity contribution in [2.75, 3.05) is 0 Å². The number of fused-ring (bicyclic) bond motifs is 1. The van der Waals surface area contributed by atoms with Gasteiger partial charge in [-0.15, -0.1) is 0 Å². The molecule has 0 saturated heterocycles. The summed E-state index contributed by atoms with van der Waals surface area (Å²) >= 11 is 0. The Morgan fingerprint density at radius 2 is 1.97 bits per heavy atom. The van der Waals surface area contributed by atoms with E-state index in [1.54, 1.807) is 55.5 Å². The van der Waals surface area contributed by atoms with Gasteiger partial charge in [-0.2, -0.15) is 0 Å². The molecule has 5 aliphatic rings. The van der Waals surface area contributed by atoms with Crippen molar-refractivity contribution in [1.29, 1.82) is 0 Å². The fourth-order valence-electron chi connectivity index (χ4n) is 8.36. The van der Waals surface area contributed by atoms with Crippen molar-refractivity contribution in [2.45, 2.75) is 78.6 Å². The lowest BCUT2D eigenvalue weighted by Gasteiger charge is -2.51. The third-order valence-corrected chi connectivity index (χ3v) is 9.43. The van der Waals surface area contributed by atoms with E-state index in [0.717, 1.165) is 17.8 Å². The predicted molar refractivity (Wildman–Crippen MR) is 132 cm³/mol. The molecule has 0 bridgehead atoms. The van der Waals surface area contributed by atoms with E-state index >= 15 is 0 Å². The molecule has 0 heterocycles. The molecule has 5 aliphatic carbocycles. The van der Waals surface area contributed by atoms with Gasteiger partial charge in [0.25, 0.3) is 0 Å². The average Bonchev–Trinajstić information content (AvgIpc) is 3.11. The molecule has 31 heavy (non-hydrogen) atoms. The van der Waals surface area contributed by atoms with Crippen LogP contribution in [0, 0.1) is 24.7 Å². The minimum atomic E-state index is 0.593. The van der Waals surface area contributed by atoms with E-state index in [9.17, 15) is 0 Å². The first-order valence-corrected chi connectivity index (χ1v) is 12.7. The molecule has 0 N–H and O–H groups in total. The lowest BCUT2D eigenvalue weighted by Crippen LogP contribution is -2.40. The summed E-state index contributed by atoms with van der Waals surface area (Å²) in [6.07, 6.45) is 9.12. The maximum atomic E-state index is 2.69. The van der Waals surface area contributed by atoms with Crippen molar-refractivity contribution in [3.63, 3.8) is 0 Å². The molecule has 0 spiro atoms. The highest BCUT2D eigenvalue weighted by Gasteiger charge is 2.51. The van der Waals surface area contributed by atoms with Crippen LogP contribution in [0.1, 0.15) is 93.0 Å². The zero-order valence-electron chi connectivity index (χ0n) is 19.7. The molecular formula is C31H34. The van der Waals surface area contributed by atoms with Crippen molar-refractivity contribution in [1.82, 2.24) is 0 Å². The van der Waals surface area contributed by atoms with E-state index in [-0.39, 0.29) is 0 Å². The van der Waals surface area contributed by atoms with E-state index in [0.29, 0.717) is 11.8 Å².